The van der Waals surface area contributed by atoms with Crippen molar-refractivity contribution in [1.82, 2.24) is 0 Å². The molecule has 3 aliphatic rings. The average molecular weight is 541 g/mol. The summed E-state index contributed by atoms with van der Waals surface area (Å²) < 4.78 is 0. The second kappa shape index (κ2) is 8.71. The molecule has 196 valence electrons. The van der Waals surface area contributed by atoms with Crippen molar-refractivity contribution in [2.75, 3.05) is 4.90 Å². The molecule has 0 aromatic heterocycles. The number of benzene rings is 3. The van der Waals surface area contributed by atoms with Crippen LogP contribution in [0.1, 0.15) is 37.8 Å². The van der Waals surface area contributed by atoms with E-state index < -0.39 is 39.4 Å². The van der Waals surface area contributed by atoms with Gasteiger partial charge in [-0.15, -0.1) is 0 Å². The molecule has 4 atom stereocenters. The van der Waals surface area contributed by atoms with Gasteiger partial charge in [-0.2, -0.15) is 0 Å². The van der Waals surface area contributed by atoms with Crippen molar-refractivity contribution < 1.29 is 19.3 Å². The topological polar surface area (TPSA) is 97.6 Å². The first-order valence-corrected chi connectivity index (χ1v) is 13.3. The van der Waals surface area contributed by atoms with Crippen LogP contribution in [0.25, 0.3) is 11.1 Å². The largest absolute Gasteiger partial charge is 0.298 e. The summed E-state index contributed by atoms with van der Waals surface area (Å²) >= 11 is 6.42. The SMILES string of the molecule is CCC[C@@]12C(=O)[C@@](C)(C(c3ccccc3)=C1c1ccccc1)[C@@H]1C(=O)N(c3cc([N+](=O)[O-])ccc3Cl)C(=O)[C@H]12. The predicted octanol–water partition coefficient (Wildman–Crippen LogP) is 6.35. The monoisotopic (exact) mass is 540 g/mol. The molecule has 2 aliphatic carbocycles. The van der Waals surface area contributed by atoms with Crippen molar-refractivity contribution in [3.8, 4) is 0 Å². The number of non-ortho nitro benzene ring substituents is 1. The van der Waals surface area contributed by atoms with Gasteiger partial charge in [0.25, 0.3) is 5.69 Å². The van der Waals surface area contributed by atoms with Gasteiger partial charge in [0.15, 0.2) is 5.78 Å². The molecule has 1 aliphatic heterocycles. The van der Waals surface area contributed by atoms with E-state index in [0.29, 0.717) is 12.8 Å². The molecule has 2 amide bonds. The number of carbonyl (C=O) groups is 3. The fourth-order valence-electron chi connectivity index (χ4n) is 7.38. The molecule has 6 rings (SSSR count). The fraction of sp³-hybridized carbons (Fsp3) is 0.258. The fourth-order valence-corrected chi connectivity index (χ4v) is 7.58. The molecule has 0 unspecified atom stereocenters. The number of rotatable bonds is 6. The second-order valence-corrected chi connectivity index (χ2v) is 11.0. The van der Waals surface area contributed by atoms with Crippen LogP contribution in [0.5, 0.6) is 0 Å². The summed E-state index contributed by atoms with van der Waals surface area (Å²) in [6, 6.07) is 22.8. The van der Waals surface area contributed by atoms with Crippen molar-refractivity contribution >= 4 is 51.7 Å². The summed E-state index contributed by atoms with van der Waals surface area (Å²) in [5.41, 5.74) is 0.410. The van der Waals surface area contributed by atoms with Crippen LogP contribution in [0.15, 0.2) is 78.9 Å². The van der Waals surface area contributed by atoms with E-state index in [9.17, 15) is 24.5 Å². The van der Waals surface area contributed by atoms with E-state index in [1.807, 2.05) is 67.6 Å². The normalized spacial score (nSPS) is 27.5. The minimum atomic E-state index is -1.28. The highest BCUT2D eigenvalue weighted by Crippen LogP contribution is 2.75. The molecule has 39 heavy (non-hydrogen) atoms. The Bertz CT molecular complexity index is 1600. The molecule has 1 heterocycles. The maximum Gasteiger partial charge on any atom is 0.271 e. The van der Waals surface area contributed by atoms with Crippen LogP contribution in [0.3, 0.4) is 0 Å². The zero-order chi connectivity index (χ0) is 27.7. The summed E-state index contributed by atoms with van der Waals surface area (Å²) in [4.78, 5) is 55.1. The number of hydrogen-bond donors (Lipinski definition) is 0. The van der Waals surface area contributed by atoms with Crippen molar-refractivity contribution in [2.45, 2.75) is 26.7 Å². The van der Waals surface area contributed by atoms with Gasteiger partial charge in [0.05, 0.1) is 38.3 Å². The number of imide groups is 1. The van der Waals surface area contributed by atoms with E-state index in [1.54, 1.807) is 6.92 Å². The second-order valence-electron chi connectivity index (χ2n) is 10.6. The van der Waals surface area contributed by atoms with Gasteiger partial charge in [-0.1, -0.05) is 85.6 Å². The van der Waals surface area contributed by atoms with E-state index in [0.717, 1.165) is 33.2 Å². The first kappa shape index (κ1) is 25.2. The number of hydrogen-bond acceptors (Lipinski definition) is 5. The van der Waals surface area contributed by atoms with Crippen LogP contribution in [0.2, 0.25) is 5.02 Å². The van der Waals surface area contributed by atoms with Gasteiger partial charge in [0.1, 0.15) is 0 Å². The predicted molar refractivity (Wildman–Crippen MR) is 148 cm³/mol. The van der Waals surface area contributed by atoms with Crippen LogP contribution >= 0.6 is 11.6 Å². The van der Waals surface area contributed by atoms with Gasteiger partial charge in [0.2, 0.25) is 11.8 Å². The molecular formula is C31H25ClN2O5. The number of anilines is 1. The Kier molecular flexibility index (Phi) is 5.63. The zero-order valence-corrected chi connectivity index (χ0v) is 22.1. The van der Waals surface area contributed by atoms with E-state index in [2.05, 4.69) is 0 Å². The van der Waals surface area contributed by atoms with Gasteiger partial charge in [-0.05, 0) is 41.7 Å². The third-order valence-corrected chi connectivity index (χ3v) is 9.02. The Morgan fingerprint density at radius 2 is 1.44 bits per heavy atom. The van der Waals surface area contributed by atoms with Crippen molar-refractivity contribution in [3.05, 3.63) is 105 Å². The lowest BCUT2D eigenvalue weighted by molar-refractivity contribution is -0.384. The number of Topliss-reactive ketones (excluding diaryl/α,β-unsaturated/α-hetero) is 1. The molecule has 8 heteroatoms. The van der Waals surface area contributed by atoms with Crippen LogP contribution in [-0.2, 0) is 14.4 Å². The van der Waals surface area contributed by atoms with E-state index >= 15 is 0 Å². The maximum absolute atomic E-state index is 14.6. The summed E-state index contributed by atoms with van der Waals surface area (Å²) in [7, 11) is 0. The van der Waals surface area contributed by atoms with Gasteiger partial charge >= 0.3 is 0 Å². The Balaban J connectivity index is 1.64. The molecule has 1 saturated heterocycles. The van der Waals surface area contributed by atoms with Gasteiger partial charge in [-0.25, -0.2) is 4.90 Å². The minimum Gasteiger partial charge on any atom is -0.298 e. The Morgan fingerprint density at radius 3 is 2.00 bits per heavy atom. The summed E-state index contributed by atoms with van der Waals surface area (Å²) in [5, 5.41) is 11.6. The average Bonchev–Trinajstić information content (AvgIpc) is 3.40. The molecule has 3 aromatic rings. The lowest BCUT2D eigenvalue weighted by atomic mass is 9.61. The molecule has 7 nitrogen and oxygen atoms in total. The third-order valence-electron chi connectivity index (χ3n) is 8.70. The lowest BCUT2D eigenvalue weighted by Crippen LogP contribution is -2.41. The van der Waals surface area contributed by atoms with Gasteiger partial charge < -0.3 is 0 Å². The first-order chi connectivity index (χ1) is 18.7. The summed E-state index contributed by atoms with van der Waals surface area (Å²) in [5.74, 6) is -3.11. The van der Waals surface area contributed by atoms with Crippen molar-refractivity contribution in [3.63, 3.8) is 0 Å². The van der Waals surface area contributed by atoms with E-state index in [4.69, 9.17) is 11.6 Å². The molecule has 2 bridgehead atoms. The molecular weight excluding hydrogens is 516 g/mol. The highest BCUT2D eigenvalue weighted by atomic mass is 35.5. The maximum atomic E-state index is 14.6. The first-order valence-electron chi connectivity index (χ1n) is 12.9. The highest BCUT2D eigenvalue weighted by molar-refractivity contribution is 6.39. The van der Waals surface area contributed by atoms with Crippen molar-refractivity contribution in [1.29, 1.82) is 0 Å². The number of amides is 2. The standard InChI is InChI=1S/C31H25ClN2O5/c1-3-16-31-24(19-12-8-5-9-13-19)23(18-10-6-4-7-11-18)30(2,29(31)37)25-26(31)28(36)33(27(25)35)22-17-20(34(38)39)14-15-21(22)32/h4-15,17,25-26H,3,16H2,1-2H3/t25-,26-,30-,31+/m0/s1. The number of carbonyl (C=O) groups excluding carboxylic acids is 3. The van der Waals surface area contributed by atoms with E-state index in [-0.39, 0.29) is 22.2 Å². The Labute approximate surface area is 230 Å². The molecule has 2 fully saturated rings. The van der Waals surface area contributed by atoms with Crippen LogP contribution in [0, 0.1) is 32.8 Å². The van der Waals surface area contributed by atoms with Crippen LogP contribution in [0.4, 0.5) is 11.4 Å². The Morgan fingerprint density at radius 1 is 0.872 bits per heavy atom. The number of nitrogens with zero attached hydrogens (tertiary/aromatic N) is 2. The van der Waals surface area contributed by atoms with Crippen LogP contribution < -0.4 is 4.90 Å². The van der Waals surface area contributed by atoms with Crippen molar-refractivity contribution in [2.24, 2.45) is 22.7 Å². The molecule has 0 spiro atoms. The van der Waals surface area contributed by atoms with Gasteiger partial charge in [-0.3, -0.25) is 24.5 Å². The molecule has 0 N–H and O–H groups in total. The lowest BCUT2D eigenvalue weighted by Gasteiger charge is -2.37. The quantitative estimate of drug-likeness (QED) is 0.206. The number of halogens is 1. The summed E-state index contributed by atoms with van der Waals surface area (Å²) in [6.45, 7) is 3.75. The van der Waals surface area contributed by atoms with E-state index in [1.165, 1.54) is 12.1 Å². The summed E-state index contributed by atoms with van der Waals surface area (Å²) in [6.07, 6.45) is 1.00. The number of allylic oxidation sites excluding steroid dienone is 2. The third kappa shape index (κ3) is 3.13. The number of fused-ring (bicyclic) bond motifs is 5. The molecule has 0 radical (unpaired) electrons. The smallest absolute Gasteiger partial charge is 0.271 e. The number of nitro groups is 1. The van der Waals surface area contributed by atoms with Gasteiger partial charge in [0, 0.05) is 12.1 Å². The number of nitro benzene ring substituents is 1. The molecule has 1 saturated carbocycles. The highest BCUT2D eigenvalue weighted by Gasteiger charge is 2.80. The van der Waals surface area contributed by atoms with Crippen LogP contribution in [-0.4, -0.2) is 22.5 Å². The number of ketones is 1. The zero-order valence-electron chi connectivity index (χ0n) is 21.4. The minimum absolute atomic E-state index is 0.0279. The Hall–Kier alpha value is -4.10. The molecule has 3 aromatic carbocycles.